The van der Waals surface area contributed by atoms with Crippen LogP contribution >= 0.6 is 0 Å². The van der Waals surface area contributed by atoms with Crippen LogP contribution in [0.4, 0.5) is 4.39 Å². The fourth-order valence-corrected chi connectivity index (χ4v) is 1.75. The summed E-state index contributed by atoms with van der Waals surface area (Å²) in [6, 6.07) is 7.66. The number of nitrogens with two attached hydrogens (primary N) is 1. The maximum Gasteiger partial charge on any atom is 0.267 e. The molecule has 0 aliphatic carbocycles. The molecule has 0 saturated carbocycles. The van der Waals surface area contributed by atoms with Crippen molar-refractivity contribution in [3.8, 4) is 11.8 Å². The molecule has 20 heavy (non-hydrogen) atoms. The molecule has 1 heterocycles. The Hall–Kier alpha value is -2.45. The first-order chi connectivity index (χ1) is 9.60. The predicted octanol–water partition coefficient (Wildman–Crippen LogP) is 1.05. The molecule has 0 aliphatic heterocycles. The van der Waals surface area contributed by atoms with Crippen molar-refractivity contribution in [1.82, 2.24) is 9.78 Å². The van der Waals surface area contributed by atoms with Gasteiger partial charge in [0.2, 0.25) is 0 Å². The molecule has 0 fully saturated rings. The van der Waals surface area contributed by atoms with Gasteiger partial charge in [0.25, 0.3) is 5.56 Å². The Morgan fingerprint density at radius 2 is 2.15 bits per heavy atom. The fraction of sp³-hybridized carbons (Fsp3) is 0.200. The average molecular weight is 271 g/mol. The lowest BCUT2D eigenvalue weighted by Crippen LogP contribution is -2.23. The second kappa shape index (κ2) is 6.13. The molecule has 2 aromatic rings. The average Bonchev–Trinajstić information content (AvgIpc) is 2.43. The number of benzene rings is 1. The van der Waals surface area contributed by atoms with E-state index in [1.165, 1.54) is 16.8 Å². The van der Waals surface area contributed by atoms with Gasteiger partial charge in [-0.3, -0.25) is 4.79 Å². The summed E-state index contributed by atoms with van der Waals surface area (Å²) in [6.07, 6.45) is 0. The fourth-order valence-electron chi connectivity index (χ4n) is 1.75. The SMILES string of the molecule is Cc1ccc(=O)n(Cc2ccc(F)c(C#CCN)c2)n1. The molecule has 0 aliphatic rings. The lowest BCUT2D eigenvalue weighted by Gasteiger charge is -2.06. The zero-order valence-electron chi connectivity index (χ0n) is 11.1. The Morgan fingerprint density at radius 1 is 1.35 bits per heavy atom. The molecule has 0 atom stereocenters. The molecule has 1 aromatic heterocycles. The molecular formula is C15H14FN3O. The number of hydrogen-bond donors (Lipinski definition) is 1. The van der Waals surface area contributed by atoms with Gasteiger partial charge in [-0.25, -0.2) is 9.07 Å². The van der Waals surface area contributed by atoms with Crippen LogP contribution in [0.3, 0.4) is 0 Å². The van der Waals surface area contributed by atoms with Crippen LogP contribution in [0, 0.1) is 24.6 Å². The first kappa shape index (κ1) is 14.0. The molecule has 0 saturated heterocycles. The summed E-state index contributed by atoms with van der Waals surface area (Å²) in [7, 11) is 0. The molecule has 1 aromatic carbocycles. The molecule has 0 spiro atoms. The van der Waals surface area contributed by atoms with Gasteiger partial charge in [-0.15, -0.1) is 0 Å². The molecule has 102 valence electrons. The third-order valence-electron chi connectivity index (χ3n) is 2.69. The Kier molecular flexibility index (Phi) is 4.28. The van der Waals surface area contributed by atoms with Crippen LogP contribution in [0.25, 0.3) is 0 Å². The maximum atomic E-state index is 13.5. The van der Waals surface area contributed by atoms with Crippen molar-refractivity contribution < 1.29 is 4.39 Å². The van der Waals surface area contributed by atoms with Crippen molar-refractivity contribution in [3.05, 3.63) is 63.3 Å². The summed E-state index contributed by atoms with van der Waals surface area (Å²) in [5.74, 6) is 4.87. The van der Waals surface area contributed by atoms with Gasteiger partial charge in [0.15, 0.2) is 0 Å². The maximum absolute atomic E-state index is 13.5. The minimum atomic E-state index is -0.403. The van der Waals surface area contributed by atoms with Crippen molar-refractivity contribution in [2.75, 3.05) is 6.54 Å². The van der Waals surface area contributed by atoms with Crippen LogP contribution in [-0.4, -0.2) is 16.3 Å². The number of aromatic nitrogens is 2. The number of hydrogen-bond acceptors (Lipinski definition) is 3. The van der Waals surface area contributed by atoms with Crippen LogP contribution in [0.1, 0.15) is 16.8 Å². The Labute approximate surface area is 116 Å². The molecule has 0 radical (unpaired) electrons. The van der Waals surface area contributed by atoms with Gasteiger partial charge in [0.05, 0.1) is 24.3 Å². The van der Waals surface area contributed by atoms with Gasteiger partial charge < -0.3 is 5.73 Å². The van der Waals surface area contributed by atoms with Gasteiger partial charge in [-0.1, -0.05) is 17.9 Å². The normalized spacial score (nSPS) is 9.95. The monoisotopic (exact) mass is 271 g/mol. The van der Waals surface area contributed by atoms with Gasteiger partial charge in [-0.05, 0) is 30.7 Å². The zero-order chi connectivity index (χ0) is 14.5. The molecule has 0 bridgehead atoms. The van der Waals surface area contributed by atoms with E-state index < -0.39 is 5.82 Å². The van der Waals surface area contributed by atoms with E-state index in [-0.39, 0.29) is 24.2 Å². The topological polar surface area (TPSA) is 60.9 Å². The highest BCUT2D eigenvalue weighted by atomic mass is 19.1. The van der Waals surface area contributed by atoms with E-state index >= 15 is 0 Å². The van der Waals surface area contributed by atoms with E-state index in [2.05, 4.69) is 16.9 Å². The van der Waals surface area contributed by atoms with Crippen LogP contribution in [0.5, 0.6) is 0 Å². The van der Waals surface area contributed by atoms with Gasteiger partial charge in [0, 0.05) is 6.07 Å². The third-order valence-corrected chi connectivity index (χ3v) is 2.69. The number of nitrogens with zero attached hydrogens (tertiary/aromatic N) is 2. The summed E-state index contributed by atoms with van der Waals surface area (Å²) in [6.45, 7) is 2.25. The van der Waals surface area contributed by atoms with Gasteiger partial charge in [-0.2, -0.15) is 5.10 Å². The highest BCUT2D eigenvalue weighted by Gasteiger charge is 2.04. The Balaban J connectivity index is 2.34. The van der Waals surface area contributed by atoms with E-state index in [9.17, 15) is 9.18 Å². The summed E-state index contributed by atoms with van der Waals surface area (Å²) < 4.78 is 14.9. The van der Waals surface area contributed by atoms with Crippen molar-refractivity contribution >= 4 is 0 Å². The highest BCUT2D eigenvalue weighted by Crippen LogP contribution is 2.10. The van der Waals surface area contributed by atoms with Crippen LogP contribution in [-0.2, 0) is 6.54 Å². The number of aryl methyl sites for hydroxylation is 1. The first-order valence-electron chi connectivity index (χ1n) is 6.12. The van der Waals surface area contributed by atoms with E-state index in [4.69, 9.17) is 5.73 Å². The second-order valence-electron chi connectivity index (χ2n) is 4.29. The second-order valence-corrected chi connectivity index (χ2v) is 4.29. The van der Waals surface area contributed by atoms with Crippen LogP contribution in [0.2, 0.25) is 0 Å². The molecule has 0 unspecified atom stereocenters. The van der Waals surface area contributed by atoms with E-state index in [1.807, 2.05) is 0 Å². The van der Waals surface area contributed by atoms with Crippen molar-refractivity contribution in [2.24, 2.45) is 5.73 Å². The smallest absolute Gasteiger partial charge is 0.267 e. The third kappa shape index (κ3) is 3.31. The summed E-state index contributed by atoms with van der Waals surface area (Å²) in [5, 5.41) is 4.14. The van der Waals surface area contributed by atoms with Crippen molar-refractivity contribution in [3.63, 3.8) is 0 Å². The zero-order valence-corrected chi connectivity index (χ0v) is 11.1. The quantitative estimate of drug-likeness (QED) is 0.830. The lowest BCUT2D eigenvalue weighted by molar-refractivity contribution is 0.612. The van der Waals surface area contributed by atoms with E-state index in [0.717, 1.165) is 11.3 Å². The summed E-state index contributed by atoms with van der Waals surface area (Å²) in [4.78, 5) is 11.7. The van der Waals surface area contributed by atoms with Gasteiger partial charge in [0.1, 0.15) is 5.82 Å². The Morgan fingerprint density at radius 3 is 2.90 bits per heavy atom. The predicted molar refractivity (Wildman–Crippen MR) is 74.7 cm³/mol. The molecular weight excluding hydrogens is 257 g/mol. The van der Waals surface area contributed by atoms with Crippen LogP contribution in [0.15, 0.2) is 35.1 Å². The number of rotatable bonds is 2. The molecule has 4 nitrogen and oxygen atoms in total. The van der Waals surface area contributed by atoms with E-state index in [1.54, 1.807) is 25.1 Å². The summed E-state index contributed by atoms with van der Waals surface area (Å²) in [5.41, 5.74) is 6.85. The minimum Gasteiger partial charge on any atom is -0.320 e. The minimum absolute atomic E-state index is 0.169. The molecule has 5 heteroatoms. The molecule has 2 rings (SSSR count). The van der Waals surface area contributed by atoms with Crippen LogP contribution < -0.4 is 11.3 Å². The Bertz CT molecular complexity index is 741. The summed E-state index contributed by atoms with van der Waals surface area (Å²) >= 11 is 0. The van der Waals surface area contributed by atoms with E-state index in [0.29, 0.717) is 0 Å². The number of halogens is 1. The molecule has 0 amide bonds. The van der Waals surface area contributed by atoms with Gasteiger partial charge >= 0.3 is 0 Å². The first-order valence-corrected chi connectivity index (χ1v) is 6.12. The largest absolute Gasteiger partial charge is 0.320 e. The standard InChI is InChI=1S/C15H14FN3O/c1-11-4-7-15(20)19(18-11)10-12-5-6-14(16)13(9-12)3-2-8-17/h4-7,9H,8,10,17H2,1H3. The highest BCUT2D eigenvalue weighted by molar-refractivity contribution is 5.38. The van der Waals surface area contributed by atoms with Crippen molar-refractivity contribution in [1.29, 1.82) is 0 Å². The van der Waals surface area contributed by atoms with Crippen molar-refractivity contribution in [2.45, 2.75) is 13.5 Å². The molecule has 2 N–H and O–H groups in total. The lowest BCUT2D eigenvalue weighted by atomic mass is 10.1.